The standard InChI is InChI=1S/C20H20FN5O2/c21-14-6-8-15(9-7-14)26-20(25-11-3-4-12-25)16(13-23-26)18(27)24-17-5-1-2-10-22-19(17)28/h3-4,6-9,11-13,17H,1-2,5,10H2,(H,22,28)(H,24,27). The lowest BCUT2D eigenvalue weighted by Crippen LogP contribution is -2.45. The van der Waals surface area contributed by atoms with Gasteiger partial charge in [-0.1, -0.05) is 0 Å². The van der Waals surface area contributed by atoms with Crippen molar-refractivity contribution in [1.82, 2.24) is 25.0 Å². The monoisotopic (exact) mass is 381 g/mol. The summed E-state index contributed by atoms with van der Waals surface area (Å²) in [6, 6.07) is 8.97. The van der Waals surface area contributed by atoms with Crippen LogP contribution in [0.15, 0.2) is 55.0 Å². The van der Waals surface area contributed by atoms with E-state index < -0.39 is 6.04 Å². The summed E-state index contributed by atoms with van der Waals surface area (Å²) in [5.41, 5.74) is 0.953. The van der Waals surface area contributed by atoms with E-state index in [1.165, 1.54) is 18.3 Å². The van der Waals surface area contributed by atoms with Crippen molar-refractivity contribution in [3.8, 4) is 11.5 Å². The topological polar surface area (TPSA) is 81.0 Å². The Morgan fingerprint density at radius 2 is 1.93 bits per heavy atom. The number of hydrogen-bond donors (Lipinski definition) is 2. The number of carbonyl (C=O) groups excluding carboxylic acids is 2. The van der Waals surface area contributed by atoms with Crippen molar-refractivity contribution >= 4 is 11.8 Å². The van der Waals surface area contributed by atoms with Crippen LogP contribution in [-0.2, 0) is 4.79 Å². The Labute approximate surface area is 161 Å². The van der Waals surface area contributed by atoms with Gasteiger partial charge in [-0.15, -0.1) is 0 Å². The summed E-state index contributed by atoms with van der Waals surface area (Å²) in [6.07, 6.45) is 7.42. The number of rotatable bonds is 4. The van der Waals surface area contributed by atoms with Gasteiger partial charge in [0.15, 0.2) is 5.82 Å². The molecule has 0 radical (unpaired) electrons. The third-order valence-corrected chi connectivity index (χ3v) is 4.75. The molecule has 1 atom stereocenters. The average Bonchev–Trinajstić information content (AvgIpc) is 3.32. The van der Waals surface area contributed by atoms with Crippen LogP contribution in [0.1, 0.15) is 29.6 Å². The summed E-state index contributed by atoms with van der Waals surface area (Å²) in [4.78, 5) is 25.1. The quantitative estimate of drug-likeness (QED) is 0.727. The van der Waals surface area contributed by atoms with Gasteiger partial charge in [0.05, 0.1) is 11.9 Å². The van der Waals surface area contributed by atoms with Gasteiger partial charge in [0.2, 0.25) is 5.91 Å². The fourth-order valence-electron chi connectivity index (χ4n) is 3.31. The van der Waals surface area contributed by atoms with E-state index in [1.807, 2.05) is 12.1 Å². The normalized spacial score (nSPS) is 17.0. The highest BCUT2D eigenvalue weighted by Crippen LogP contribution is 2.20. The van der Waals surface area contributed by atoms with Crippen molar-refractivity contribution < 1.29 is 14.0 Å². The van der Waals surface area contributed by atoms with E-state index >= 15 is 0 Å². The third-order valence-electron chi connectivity index (χ3n) is 4.75. The minimum Gasteiger partial charge on any atom is -0.354 e. The highest BCUT2D eigenvalue weighted by molar-refractivity contribution is 6.00. The molecule has 144 valence electrons. The lowest BCUT2D eigenvalue weighted by Gasteiger charge is -2.16. The summed E-state index contributed by atoms with van der Waals surface area (Å²) in [5.74, 6) is -0.377. The van der Waals surface area contributed by atoms with Gasteiger partial charge in [-0.05, 0) is 55.7 Å². The number of halogens is 1. The van der Waals surface area contributed by atoms with Crippen molar-refractivity contribution in [3.05, 3.63) is 66.4 Å². The first-order valence-corrected chi connectivity index (χ1v) is 9.19. The molecule has 1 unspecified atom stereocenters. The lowest BCUT2D eigenvalue weighted by molar-refractivity contribution is -0.122. The Bertz CT molecular complexity index is 979. The molecule has 1 saturated heterocycles. The molecule has 1 aliphatic rings. The van der Waals surface area contributed by atoms with Crippen LogP contribution >= 0.6 is 0 Å². The smallest absolute Gasteiger partial charge is 0.257 e. The van der Waals surface area contributed by atoms with Crippen LogP contribution in [0, 0.1) is 5.82 Å². The first-order valence-electron chi connectivity index (χ1n) is 9.19. The van der Waals surface area contributed by atoms with E-state index in [4.69, 9.17) is 0 Å². The molecule has 1 aromatic carbocycles. The number of amides is 2. The van der Waals surface area contributed by atoms with Gasteiger partial charge in [0.1, 0.15) is 17.4 Å². The summed E-state index contributed by atoms with van der Waals surface area (Å²) in [6.45, 7) is 0.627. The molecule has 28 heavy (non-hydrogen) atoms. The molecular weight excluding hydrogens is 361 g/mol. The number of benzene rings is 1. The summed E-state index contributed by atoms with van der Waals surface area (Å²) >= 11 is 0. The van der Waals surface area contributed by atoms with E-state index in [0.29, 0.717) is 30.0 Å². The van der Waals surface area contributed by atoms with E-state index in [0.717, 1.165) is 12.8 Å². The molecule has 2 aromatic heterocycles. The van der Waals surface area contributed by atoms with Crippen molar-refractivity contribution in [2.24, 2.45) is 0 Å². The maximum absolute atomic E-state index is 13.3. The first-order chi connectivity index (χ1) is 13.6. The molecule has 3 heterocycles. The lowest BCUT2D eigenvalue weighted by atomic mass is 10.1. The molecule has 0 aliphatic carbocycles. The highest BCUT2D eigenvalue weighted by Gasteiger charge is 2.26. The zero-order valence-electron chi connectivity index (χ0n) is 15.1. The molecular formula is C20H20FN5O2. The second kappa shape index (κ2) is 7.67. The maximum atomic E-state index is 13.3. The minimum absolute atomic E-state index is 0.167. The Hall–Kier alpha value is -3.42. The molecule has 2 amide bonds. The molecule has 1 aliphatic heterocycles. The van der Waals surface area contributed by atoms with Gasteiger partial charge in [-0.2, -0.15) is 5.10 Å². The molecule has 0 spiro atoms. The molecule has 0 saturated carbocycles. The molecule has 0 bridgehead atoms. The van der Waals surface area contributed by atoms with Crippen molar-refractivity contribution in [2.75, 3.05) is 6.54 Å². The molecule has 7 nitrogen and oxygen atoms in total. The van der Waals surface area contributed by atoms with Crippen LogP contribution in [0.4, 0.5) is 4.39 Å². The predicted octanol–water partition coefficient (Wildman–Crippen LogP) is 2.20. The van der Waals surface area contributed by atoms with E-state index in [2.05, 4.69) is 15.7 Å². The van der Waals surface area contributed by atoms with Crippen molar-refractivity contribution in [1.29, 1.82) is 0 Å². The van der Waals surface area contributed by atoms with Crippen molar-refractivity contribution in [3.63, 3.8) is 0 Å². The van der Waals surface area contributed by atoms with Gasteiger partial charge >= 0.3 is 0 Å². The molecule has 8 heteroatoms. The first kappa shape index (κ1) is 18.0. The predicted molar refractivity (Wildman–Crippen MR) is 101 cm³/mol. The van der Waals surface area contributed by atoms with Gasteiger partial charge < -0.3 is 15.2 Å². The van der Waals surface area contributed by atoms with Gasteiger partial charge in [-0.3, -0.25) is 9.59 Å². The summed E-state index contributed by atoms with van der Waals surface area (Å²) in [5, 5.41) is 9.97. The largest absolute Gasteiger partial charge is 0.354 e. The van der Waals surface area contributed by atoms with Crippen LogP contribution in [0.5, 0.6) is 0 Å². The van der Waals surface area contributed by atoms with Crippen LogP contribution in [0.25, 0.3) is 11.5 Å². The van der Waals surface area contributed by atoms with E-state index in [1.54, 1.807) is 33.8 Å². The fraction of sp³-hybridized carbons (Fsp3) is 0.250. The van der Waals surface area contributed by atoms with Crippen LogP contribution in [0.3, 0.4) is 0 Å². The highest BCUT2D eigenvalue weighted by atomic mass is 19.1. The number of nitrogens with zero attached hydrogens (tertiary/aromatic N) is 3. The maximum Gasteiger partial charge on any atom is 0.257 e. The van der Waals surface area contributed by atoms with Crippen molar-refractivity contribution in [2.45, 2.75) is 25.3 Å². The number of aromatic nitrogens is 3. The molecule has 2 N–H and O–H groups in total. The second-order valence-electron chi connectivity index (χ2n) is 6.67. The van der Waals surface area contributed by atoms with Gasteiger partial charge in [0.25, 0.3) is 5.91 Å². The molecule has 3 aromatic rings. The molecule has 4 rings (SSSR count). The van der Waals surface area contributed by atoms with Gasteiger partial charge in [-0.25, -0.2) is 9.07 Å². The Kier molecular flexibility index (Phi) is 4.92. The minimum atomic E-state index is -0.568. The number of carbonyl (C=O) groups is 2. The fourth-order valence-corrected chi connectivity index (χ4v) is 3.31. The van der Waals surface area contributed by atoms with E-state index in [-0.39, 0.29) is 17.6 Å². The number of nitrogens with one attached hydrogen (secondary N) is 2. The average molecular weight is 381 g/mol. The Balaban J connectivity index is 1.69. The van der Waals surface area contributed by atoms with E-state index in [9.17, 15) is 14.0 Å². The zero-order valence-corrected chi connectivity index (χ0v) is 15.1. The summed E-state index contributed by atoms with van der Waals surface area (Å²) in [7, 11) is 0. The summed E-state index contributed by atoms with van der Waals surface area (Å²) < 4.78 is 16.6. The number of hydrogen-bond acceptors (Lipinski definition) is 3. The Morgan fingerprint density at radius 3 is 2.68 bits per heavy atom. The second-order valence-corrected chi connectivity index (χ2v) is 6.67. The van der Waals surface area contributed by atoms with Crippen LogP contribution < -0.4 is 10.6 Å². The molecule has 1 fully saturated rings. The zero-order chi connectivity index (χ0) is 19.5. The third kappa shape index (κ3) is 3.53. The Morgan fingerprint density at radius 1 is 1.18 bits per heavy atom. The van der Waals surface area contributed by atoms with Crippen LogP contribution in [0.2, 0.25) is 0 Å². The SMILES string of the molecule is O=C(NC1CCCCNC1=O)c1cnn(-c2ccc(F)cc2)c1-n1cccc1. The van der Waals surface area contributed by atoms with Crippen LogP contribution in [-0.4, -0.2) is 38.7 Å². The van der Waals surface area contributed by atoms with Gasteiger partial charge in [0, 0.05) is 18.9 Å².